The van der Waals surface area contributed by atoms with Gasteiger partial charge in [-0.15, -0.1) is 11.3 Å². The molecule has 0 radical (unpaired) electrons. The largest absolute Gasteiger partial charge is 0.294 e. The maximum Gasteiger partial charge on any atom is 0.263 e. The lowest BCUT2D eigenvalue weighted by molar-refractivity contribution is 0.749. The molecule has 27 heavy (non-hydrogen) atoms. The molecule has 0 aliphatic rings. The second-order valence-electron chi connectivity index (χ2n) is 6.08. The molecule has 0 N–H and O–H groups in total. The zero-order chi connectivity index (χ0) is 18.2. The summed E-state index contributed by atoms with van der Waals surface area (Å²) in [6, 6.07) is 13.6. The number of hydrogen-bond acceptors (Lipinski definition) is 6. The van der Waals surface area contributed by atoms with Crippen LogP contribution in [-0.4, -0.2) is 24.5 Å². The number of thiazole rings is 1. The summed E-state index contributed by atoms with van der Waals surface area (Å²) in [5, 5.41) is 1.34. The molecule has 7 heteroatoms. The van der Waals surface area contributed by atoms with Crippen LogP contribution < -0.4 is 5.56 Å². The van der Waals surface area contributed by atoms with Crippen LogP contribution in [-0.2, 0) is 6.54 Å². The maximum absolute atomic E-state index is 13.2. The van der Waals surface area contributed by atoms with Crippen molar-refractivity contribution in [2.45, 2.75) is 6.54 Å². The molecule has 0 bridgehead atoms. The van der Waals surface area contributed by atoms with Gasteiger partial charge in [0, 0.05) is 12.4 Å². The fourth-order valence-corrected chi connectivity index (χ4v) is 4.10. The third-order valence-corrected chi connectivity index (χ3v) is 5.44. The van der Waals surface area contributed by atoms with Crippen molar-refractivity contribution in [2.75, 3.05) is 0 Å². The van der Waals surface area contributed by atoms with E-state index in [2.05, 4.69) is 19.9 Å². The first-order valence-corrected chi connectivity index (χ1v) is 9.20. The quantitative estimate of drug-likeness (QED) is 0.485. The Hall–Kier alpha value is -3.45. The molecule has 0 aliphatic carbocycles. The van der Waals surface area contributed by atoms with Gasteiger partial charge in [-0.3, -0.25) is 19.3 Å². The maximum atomic E-state index is 13.2. The molecule has 130 valence electrons. The van der Waals surface area contributed by atoms with Gasteiger partial charge in [-0.1, -0.05) is 30.3 Å². The highest BCUT2D eigenvalue weighted by Crippen LogP contribution is 2.32. The lowest BCUT2D eigenvalue weighted by Crippen LogP contribution is -2.21. The summed E-state index contributed by atoms with van der Waals surface area (Å²) in [4.78, 5) is 30.7. The monoisotopic (exact) mass is 371 g/mol. The van der Waals surface area contributed by atoms with Crippen molar-refractivity contribution in [3.8, 4) is 10.7 Å². The van der Waals surface area contributed by atoms with Crippen molar-refractivity contribution in [2.24, 2.45) is 0 Å². The van der Waals surface area contributed by atoms with Crippen LogP contribution in [0.4, 0.5) is 0 Å². The van der Waals surface area contributed by atoms with Crippen molar-refractivity contribution in [1.29, 1.82) is 0 Å². The van der Waals surface area contributed by atoms with Gasteiger partial charge in [0.1, 0.15) is 10.7 Å². The Bertz CT molecular complexity index is 1310. The predicted molar refractivity (Wildman–Crippen MR) is 106 cm³/mol. The number of benzene rings is 2. The molecule has 2 aromatic carbocycles. The number of rotatable bonds is 3. The van der Waals surface area contributed by atoms with E-state index in [1.807, 2.05) is 42.5 Å². The molecular formula is C20H13N5OS. The number of fused-ring (bicyclic) bond motifs is 3. The first-order chi connectivity index (χ1) is 13.3. The van der Waals surface area contributed by atoms with E-state index in [-0.39, 0.29) is 5.56 Å². The van der Waals surface area contributed by atoms with E-state index in [0.717, 1.165) is 20.8 Å². The van der Waals surface area contributed by atoms with Crippen LogP contribution in [0.25, 0.3) is 31.8 Å². The molecule has 0 aliphatic heterocycles. The third-order valence-electron chi connectivity index (χ3n) is 4.32. The Kier molecular flexibility index (Phi) is 3.72. The van der Waals surface area contributed by atoms with Crippen LogP contribution in [0.15, 0.2) is 72.2 Å². The molecule has 0 saturated heterocycles. The van der Waals surface area contributed by atoms with Gasteiger partial charge in [0.05, 0.1) is 40.2 Å². The summed E-state index contributed by atoms with van der Waals surface area (Å²) in [5.41, 5.74) is 3.12. The highest BCUT2D eigenvalue weighted by Gasteiger charge is 2.14. The van der Waals surface area contributed by atoms with E-state index in [0.29, 0.717) is 23.1 Å². The van der Waals surface area contributed by atoms with Crippen LogP contribution in [0.2, 0.25) is 0 Å². The summed E-state index contributed by atoms with van der Waals surface area (Å²) in [5.74, 6) is 0. The van der Waals surface area contributed by atoms with Gasteiger partial charge in [-0.2, -0.15) is 0 Å². The van der Waals surface area contributed by atoms with Gasteiger partial charge in [0.15, 0.2) is 0 Å². The Morgan fingerprint density at radius 2 is 1.81 bits per heavy atom. The van der Waals surface area contributed by atoms with E-state index < -0.39 is 0 Å². The van der Waals surface area contributed by atoms with E-state index in [1.54, 1.807) is 29.5 Å². The predicted octanol–water partition coefficient (Wildman–Crippen LogP) is 3.51. The summed E-state index contributed by atoms with van der Waals surface area (Å²) in [7, 11) is 0. The van der Waals surface area contributed by atoms with Crippen molar-refractivity contribution in [3.05, 3.63) is 83.3 Å². The number of aromatic nitrogens is 5. The standard InChI is InChI=1S/C20H13N5OS/c26-20-17-14(23-12-25(20)11-13-4-2-1-3-5-13)6-7-15-18(17)27-19(24-15)16-10-21-8-9-22-16/h1-10,12H,11H2. The average molecular weight is 371 g/mol. The van der Waals surface area contributed by atoms with E-state index in [1.165, 1.54) is 11.3 Å². The van der Waals surface area contributed by atoms with E-state index in [9.17, 15) is 4.79 Å². The molecule has 5 rings (SSSR count). The van der Waals surface area contributed by atoms with Gasteiger partial charge in [-0.25, -0.2) is 9.97 Å². The summed E-state index contributed by atoms with van der Waals surface area (Å²) < 4.78 is 2.46. The van der Waals surface area contributed by atoms with Crippen LogP contribution in [0.5, 0.6) is 0 Å². The van der Waals surface area contributed by atoms with E-state index >= 15 is 0 Å². The van der Waals surface area contributed by atoms with Crippen LogP contribution in [0, 0.1) is 0 Å². The number of hydrogen-bond donors (Lipinski definition) is 0. The van der Waals surface area contributed by atoms with Crippen molar-refractivity contribution < 1.29 is 0 Å². The molecule has 6 nitrogen and oxygen atoms in total. The van der Waals surface area contributed by atoms with Gasteiger partial charge in [0.25, 0.3) is 5.56 Å². The molecule has 3 heterocycles. The summed E-state index contributed by atoms with van der Waals surface area (Å²) in [6.45, 7) is 0.481. The van der Waals surface area contributed by atoms with Crippen LogP contribution >= 0.6 is 11.3 Å². The summed E-state index contributed by atoms with van der Waals surface area (Å²) >= 11 is 1.44. The fraction of sp³-hybridized carbons (Fsp3) is 0.0500. The minimum atomic E-state index is -0.0659. The van der Waals surface area contributed by atoms with Crippen LogP contribution in [0.1, 0.15) is 5.56 Å². The van der Waals surface area contributed by atoms with Crippen molar-refractivity contribution in [3.63, 3.8) is 0 Å². The highest BCUT2D eigenvalue weighted by molar-refractivity contribution is 7.22. The molecule has 0 fully saturated rings. The Labute approximate surface area is 157 Å². The molecular weight excluding hydrogens is 358 g/mol. The van der Waals surface area contributed by atoms with E-state index in [4.69, 9.17) is 0 Å². The van der Waals surface area contributed by atoms with Gasteiger partial charge in [-0.05, 0) is 17.7 Å². The second-order valence-corrected chi connectivity index (χ2v) is 7.08. The minimum Gasteiger partial charge on any atom is -0.294 e. The molecule has 0 spiro atoms. The van der Waals surface area contributed by atoms with Gasteiger partial charge in [0.2, 0.25) is 0 Å². The highest BCUT2D eigenvalue weighted by atomic mass is 32.1. The molecule has 0 saturated carbocycles. The Morgan fingerprint density at radius 1 is 0.963 bits per heavy atom. The fourth-order valence-electron chi connectivity index (χ4n) is 3.04. The second kappa shape index (κ2) is 6.37. The topological polar surface area (TPSA) is 73.6 Å². The van der Waals surface area contributed by atoms with Crippen molar-refractivity contribution >= 4 is 32.5 Å². The molecule has 0 atom stereocenters. The number of nitrogens with zero attached hydrogens (tertiary/aromatic N) is 5. The van der Waals surface area contributed by atoms with Gasteiger partial charge < -0.3 is 0 Å². The first kappa shape index (κ1) is 15.8. The summed E-state index contributed by atoms with van der Waals surface area (Å²) in [6.07, 6.45) is 6.53. The zero-order valence-electron chi connectivity index (χ0n) is 14.1. The smallest absolute Gasteiger partial charge is 0.263 e. The van der Waals surface area contributed by atoms with Gasteiger partial charge >= 0.3 is 0 Å². The lowest BCUT2D eigenvalue weighted by Gasteiger charge is -2.07. The molecule has 3 aromatic heterocycles. The third kappa shape index (κ3) is 2.78. The lowest BCUT2D eigenvalue weighted by atomic mass is 10.2. The Morgan fingerprint density at radius 3 is 2.63 bits per heavy atom. The van der Waals surface area contributed by atoms with Crippen molar-refractivity contribution in [1.82, 2.24) is 24.5 Å². The van der Waals surface area contributed by atoms with Crippen LogP contribution in [0.3, 0.4) is 0 Å². The first-order valence-electron chi connectivity index (χ1n) is 8.38. The minimum absolute atomic E-state index is 0.0659. The molecule has 0 amide bonds. The zero-order valence-corrected chi connectivity index (χ0v) is 14.9. The molecule has 0 unspecified atom stereocenters. The Balaban J connectivity index is 1.71. The average Bonchev–Trinajstić information content (AvgIpc) is 3.16. The normalized spacial score (nSPS) is 11.3. The molecule has 5 aromatic rings. The SMILES string of the molecule is O=c1c2c(ccc3nc(-c4cnccn4)sc32)ncn1Cc1ccccc1.